The highest BCUT2D eigenvalue weighted by molar-refractivity contribution is 7.85. The lowest BCUT2D eigenvalue weighted by molar-refractivity contribution is 0.0992. The van der Waals surface area contributed by atoms with E-state index in [4.69, 9.17) is 4.74 Å². The highest BCUT2D eigenvalue weighted by atomic mass is 32.2. The van der Waals surface area contributed by atoms with Crippen molar-refractivity contribution in [2.24, 2.45) is 0 Å². The van der Waals surface area contributed by atoms with Crippen LogP contribution in [0.5, 0.6) is 0 Å². The lowest BCUT2D eigenvalue weighted by Crippen LogP contribution is -2.29. The van der Waals surface area contributed by atoms with Gasteiger partial charge in [-0.3, -0.25) is 4.21 Å². The molecule has 3 nitrogen and oxygen atoms in total. The van der Waals surface area contributed by atoms with Crippen LogP contribution < -0.4 is 5.32 Å². The zero-order valence-corrected chi connectivity index (χ0v) is 12.1. The van der Waals surface area contributed by atoms with Crippen molar-refractivity contribution in [1.29, 1.82) is 0 Å². The summed E-state index contributed by atoms with van der Waals surface area (Å²) >= 11 is 0. The first kappa shape index (κ1) is 15.1. The van der Waals surface area contributed by atoms with Crippen molar-refractivity contribution in [1.82, 2.24) is 5.32 Å². The third-order valence-corrected chi connectivity index (χ3v) is 5.33. The maximum absolute atomic E-state index is 12.1. The lowest BCUT2D eigenvalue weighted by atomic mass is 10.1. The summed E-state index contributed by atoms with van der Waals surface area (Å²) in [5, 5.41) is 3.86. The van der Waals surface area contributed by atoms with E-state index in [2.05, 4.69) is 19.2 Å². The molecule has 1 heterocycles. The van der Waals surface area contributed by atoms with E-state index >= 15 is 0 Å². The Balaban J connectivity index is 2.14. The fraction of sp³-hybridized carbons (Fsp3) is 1.00. The zero-order chi connectivity index (χ0) is 12.5. The fourth-order valence-corrected chi connectivity index (χ4v) is 3.82. The van der Waals surface area contributed by atoms with Crippen molar-refractivity contribution in [3.8, 4) is 0 Å². The number of nitrogens with one attached hydrogen (secondary N) is 1. The Morgan fingerprint density at radius 1 is 1.35 bits per heavy atom. The molecule has 0 spiro atoms. The molecular weight excluding hydrogens is 234 g/mol. The van der Waals surface area contributed by atoms with Crippen LogP contribution in [0.4, 0.5) is 0 Å². The Hall–Kier alpha value is 0.0700. The van der Waals surface area contributed by atoms with E-state index in [1.165, 1.54) is 0 Å². The summed E-state index contributed by atoms with van der Waals surface area (Å²) in [5.74, 6) is 0.868. The maximum atomic E-state index is 12.1. The Morgan fingerprint density at radius 2 is 2.06 bits per heavy atom. The van der Waals surface area contributed by atoms with Crippen molar-refractivity contribution >= 4 is 10.8 Å². The van der Waals surface area contributed by atoms with E-state index in [0.29, 0.717) is 11.3 Å². The van der Waals surface area contributed by atoms with Crippen LogP contribution in [0.3, 0.4) is 0 Å². The Labute approximate surface area is 108 Å². The van der Waals surface area contributed by atoms with Gasteiger partial charge in [0, 0.05) is 41.1 Å². The molecule has 0 amide bonds. The van der Waals surface area contributed by atoms with Crippen LogP contribution in [0.25, 0.3) is 0 Å². The average molecular weight is 261 g/mol. The molecule has 0 bridgehead atoms. The number of rotatable bonds is 8. The molecule has 2 atom stereocenters. The van der Waals surface area contributed by atoms with Crippen molar-refractivity contribution in [3.63, 3.8) is 0 Å². The van der Waals surface area contributed by atoms with Crippen molar-refractivity contribution < 1.29 is 8.95 Å². The standard InChI is InChI=1S/C13H27NO2S/c1-3-12(14-4-2)6-5-11-17(15)13-7-9-16-10-8-13/h12-14H,3-11H2,1-2H3. The van der Waals surface area contributed by atoms with Crippen LogP contribution in [-0.4, -0.2) is 41.0 Å². The highest BCUT2D eigenvalue weighted by Gasteiger charge is 2.19. The fourth-order valence-electron chi connectivity index (χ4n) is 2.32. The van der Waals surface area contributed by atoms with Crippen molar-refractivity contribution in [2.75, 3.05) is 25.5 Å². The van der Waals surface area contributed by atoms with E-state index in [0.717, 1.165) is 57.6 Å². The average Bonchev–Trinajstić information content (AvgIpc) is 2.38. The third kappa shape index (κ3) is 5.98. The predicted molar refractivity (Wildman–Crippen MR) is 73.8 cm³/mol. The normalized spacial score (nSPS) is 21.3. The summed E-state index contributed by atoms with van der Waals surface area (Å²) in [4.78, 5) is 0. The zero-order valence-electron chi connectivity index (χ0n) is 11.2. The first-order valence-corrected chi connectivity index (χ1v) is 8.34. The van der Waals surface area contributed by atoms with Crippen LogP contribution in [0.1, 0.15) is 46.0 Å². The van der Waals surface area contributed by atoms with Gasteiger partial charge < -0.3 is 10.1 Å². The van der Waals surface area contributed by atoms with Crippen LogP contribution in [0.15, 0.2) is 0 Å². The molecule has 1 saturated heterocycles. The van der Waals surface area contributed by atoms with Crippen LogP contribution in [0, 0.1) is 0 Å². The second-order valence-corrected chi connectivity index (χ2v) is 6.54. The molecular formula is C13H27NO2S. The molecule has 1 N–H and O–H groups in total. The molecule has 1 fully saturated rings. The van der Waals surface area contributed by atoms with Crippen LogP contribution >= 0.6 is 0 Å². The Bertz CT molecular complexity index is 217. The van der Waals surface area contributed by atoms with Gasteiger partial charge in [0.25, 0.3) is 0 Å². The molecule has 1 rings (SSSR count). The van der Waals surface area contributed by atoms with E-state index in [-0.39, 0.29) is 0 Å². The van der Waals surface area contributed by atoms with Crippen molar-refractivity contribution in [3.05, 3.63) is 0 Å². The lowest BCUT2D eigenvalue weighted by Gasteiger charge is -2.22. The summed E-state index contributed by atoms with van der Waals surface area (Å²) in [6.07, 6.45) is 5.36. The van der Waals surface area contributed by atoms with Gasteiger partial charge in [0.15, 0.2) is 0 Å². The smallest absolute Gasteiger partial charge is 0.0477 e. The second kappa shape index (κ2) is 9.06. The minimum absolute atomic E-state index is 0.392. The number of ether oxygens (including phenoxy) is 1. The summed E-state index contributed by atoms with van der Waals surface area (Å²) < 4.78 is 17.4. The van der Waals surface area contributed by atoms with Gasteiger partial charge in [-0.25, -0.2) is 0 Å². The molecule has 0 aromatic heterocycles. The van der Waals surface area contributed by atoms with Gasteiger partial charge in [0.05, 0.1) is 0 Å². The summed E-state index contributed by atoms with van der Waals surface area (Å²) in [5.41, 5.74) is 0. The summed E-state index contributed by atoms with van der Waals surface area (Å²) in [6, 6.07) is 0.603. The molecule has 0 saturated carbocycles. The molecule has 0 radical (unpaired) electrons. The summed E-state index contributed by atoms with van der Waals surface area (Å²) in [6.45, 7) is 6.98. The van der Waals surface area contributed by atoms with E-state index < -0.39 is 10.8 Å². The third-order valence-electron chi connectivity index (χ3n) is 3.42. The molecule has 1 aliphatic heterocycles. The van der Waals surface area contributed by atoms with Gasteiger partial charge in [0.1, 0.15) is 0 Å². The Kier molecular flexibility index (Phi) is 8.06. The first-order valence-electron chi connectivity index (χ1n) is 6.96. The van der Waals surface area contributed by atoms with E-state index in [9.17, 15) is 4.21 Å². The minimum Gasteiger partial charge on any atom is -0.381 e. The second-order valence-electron chi connectivity index (χ2n) is 4.70. The van der Waals surface area contributed by atoms with Gasteiger partial charge in [-0.1, -0.05) is 13.8 Å². The molecule has 0 aromatic rings. The molecule has 102 valence electrons. The quantitative estimate of drug-likeness (QED) is 0.727. The molecule has 1 aliphatic rings. The molecule has 0 aromatic carbocycles. The van der Waals surface area contributed by atoms with Gasteiger partial charge in [0.2, 0.25) is 0 Å². The van der Waals surface area contributed by atoms with Crippen molar-refractivity contribution in [2.45, 2.75) is 57.2 Å². The van der Waals surface area contributed by atoms with Crippen LogP contribution in [-0.2, 0) is 15.5 Å². The van der Waals surface area contributed by atoms with Crippen LogP contribution in [0.2, 0.25) is 0 Å². The first-order chi connectivity index (χ1) is 8.27. The largest absolute Gasteiger partial charge is 0.381 e. The molecule has 17 heavy (non-hydrogen) atoms. The molecule has 2 unspecified atom stereocenters. The summed E-state index contributed by atoms with van der Waals surface area (Å²) in [7, 11) is -0.637. The van der Waals surface area contributed by atoms with Gasteiger partial charge in [-0.2, -0.15) is 0 Å². The molecule has 4 heteroatoms. The predicted octanol–water partition coefficient (Wildman–Crippen LogP) is 2.08. The Morgan fingerprint density at radius 3 is 2.65 bits per heavy atom. The SMILES string of the molecule is CCNC(CC)CCCS(=O)C1CCOCC1. The molecule has 0 aliphatic carbocycles. The van der Waals surface area contributed by atoms with Gasteiger partial charge in [-0.05, 0) is 38.6 Å². The topological polar surface area (TPSA) is 38.3 Å². The highest BCUT2D eigenvalue weighted by Crippen LogP contribution is 2.15. The minimum atomic E-state index is -0.637. The number of hydrogen-bond acceptors (Lipinski definition) is 3. The van der Waals surface area contributed by atoms with E-state index in [1.54, 1.807) is 0 Å². The van der Waals surface area contributed by atoms with Gasteiger partial charge in [-0.15, -0.1) is 0 Å². The van der Waals surface area contributed by atoms with Gasteiger partial charge >= 0.3 is 0 Å². The van der Waals surface area contributed by atoms with E-state index in [1.807, 2.05) is 0 Å². The maximum Gasteiger partial charge on any atom is 0.0477 e. The number of hydrogen-bond donors (Lipinski definition) is 1. The monoisotopic (exact) mass is 261 g/mol.